The number of carbonyl (C=O) groups is 3. The lowest BCUT2D eigenvalue weighted by Crippen LogP contribution is -2.54. The van der Waals surface area contributed by atoms with Crippen LogP contribution in [0.5, 0.6) is 0 Å². The van der Waals surface area contributed by atoms with E-state index in [0.717, 1.165) is 76.4 Å². The molecule has 2 saturated carbocycles. The second-order valence-corrected chi connectivity index (χ2v) is 17.4. The number of benzene rings is 4. The molecule has 5 aliphatic rings. The molecular formula is C48H48N6O6. The van der Waals surface area contributed by atoms with E-state index in [-0.39, 0.29) is 60.2 Å². The molecule has 1 aromatic heterocycles. The number of aliphatic imine (C=N–C) groups is 1. The van der Waals surface area contributed by atoms with Crippen molar-refractivity contribution in [3.8, 4) is 11.1 Å². The minimum absolute atomic E-state index is 0.0629. The molecule has 60 heavy (non-hydrogen) atoms. The van der Waals surface area contributed by atoms with Crippen molar-refractivity contribution in [3.05, 3.63) is 118 Å². The standard InChI is InChI=1S/C48H48N6O6/c1-26(2)42(51-47(57)59-3)46(56)54-40-22-34(40)23-41(54)39-21-35(24-49-39)31-12-11-28-17-30(10-9-29(28)18-31)32-14-16-37-38(20-32)50-44(52-45(37)55)43-33-13-15-36(19-33)53(43)48(58)60-25-27-7-5-4-6-8-27/h4-12,14,16-18,20,24,26,33-34,36,40-43H,13,15,19,21-23,25H2,1-3H3,(H,51,57)(H,50,52,55)/t33-,34+,36+,40+,41-,42-,43-/m0/s1. The molecule has 0 radical (unpaired) electrons. The summed E-state index contributed by atoms with van der Waals surface area (Å²) in [6.45, 7) is 4.06. The highest BCUT2D eigenvalue weighted by molar-refractivity contribution is 6.05. The van der Waals surface area contributed by atoms with Gasteiger partial charge in [0, 0.05) is 30.4 Å². The van der Waals surface area contributed by atoms with Crippen LogP contribution in [0.2, 0.25) is 0 Å². The molecule has 2 bridgehead atoms. The second kappa shape index (κ2) is 15.1. The smallest absolute Gasteiger partial charge is 0.410 e. The highest BCUT2D eigenvalue weighted by atomic mass is 16.6. The van der Waals surface area contributed by atoms with Crippen LogP contribution < -0.4 is 10.9 Å². The van der Waals surface area contributed by atoms with Gasteiger partial charge in [0.25, 0.3) is 5.56 Å². The van der Waals surface area contributed by atoms with Gasteiger partial charge in [0.1, 0.15) is 18.5 Å². The first-order valence-electron chi connectivity index (χ1n) is 21.1. The number of hydrogen-bond acceptors (Lipinski definition) is 8. The Morgan fingerprint density at radius 3 is 2.40 bits per heavy atom. The van der Waals surface area contributed by atoms with E-state index in [1.165, 1.54) is 7.11 Å². The summed E-state index contributed by atoms with van der Waals surface area (Å²) < 4.78 is 10.6. The van der Waals surface area contributed by atoms with Crippen LogP contribution in [0.1, 0.15) is 75.4 Å². The Hall–Kier alpha value is -6.30. The Kier molecular flexibility index (Phi) is 9.52. The van der Waals surface area contributed by atoms with Crippen molar-refractivity contribution < 1.29 is 23.9 Å². The number of aromatic amines is 1. The van der Waals surface area contributed by atoms with Crippen molar-refractivity contribution in [2.75, 3.05) is 7.11 Å². The molecular weight excluding hydrogens is 757 g/mol. The lowest BCUT2D eigenvalue weighted by Gasteiger charge is -2.33. The van der Waals surface area contributed by atoms with Gasteiger partial charge in [-0.1, -0.05) is 74.5 Å². The van der Waals surface area contributed by atoms with Gasteiger partial charge in [-0.2, -0.15) is 0 Å². The Bertz CT molecular complexity index is 2670. The number of amides is 3. The summed E-state index contributed by atoms with van der Waals surface area (Å²) in [5.41, 5.74) is 6.42. The molecule has 2 aliphatic carbocycles. The molecule has 0 unspecified atom stereocenters. The number of aromatic nitrogens is 2. The van der Waals surface area contributed by atoms with E-state index in [4.69, 9.17) is 19.5 Å². The Morgan fingerprint density at radius 1 is 0.867 bits per heavy atom. The monoisotopic (exact) mass is 804 g/mol. The lowest BCUT2D eigenvalue weighted by molar-refractivity contribution is -0.135. The predicted octanol–water partition coefficient (Wildman–Crippen LogP) is 8.16. The van der Waals surface area contributed by atoms with Gasteiger partial charge >= 0.3 is 12.2 Å². The zero-order valence-corrected chi connectivity index (χ0v) is 34.0. The van der Waals surface area contributed by atoms with Crippen LogP contribution in [0.3, 0.4) is 0 Å². The van der Waals surface area contributed by atoms with Crippen molar-refractivity contribution >= 4 is 51.1 Å². The predicted molar refractivity (Wildman–Crippen MR) is 229 cm³/mol. The number of nitrogens with zero attached hydrogens (tertiary/aromatic N) is 4. The molecule has 10 rings (SSSR count). The van der Waals surface area contributed by atoms with Gasteiger partial charge in [0.05, 0.1) is 30.1 Å². The molecule has 3 amide bonds. The Balaban J connectivity index is 0.856. The Morgan fingerprint density at radius 2 is 1.62 bits per heavy atom. The van der Waals surface area contributed by atoms with E-state index in [9.17, 15) is 19.2 Å². The quantitative estimate of drug-likeness (QED) is 0.153. The maximum absolute atomic E-state index is 13.9. The number of alkyl carbamates (subject to hydrolysis) is 1. The number of methoxy groups -OCH3 is 1. The second-order valence-electron chi connectivity index (χ2n) is 17.4. The van der Waals surface area contributed by atoms with Crippen LogP contribution in [0, 0.1) is 17.8 Å². The molecule has 12 nitrogen and oxygen atoms in total. The van der Waals surface area contributed by atoms with Gasteiger partial charge in [-0.15, -0.1) is 0 Å². The number of fused-ring (bicyclic) bond motifs is 5. The fourth-order valence-corrected chi connectivity index (χ4v) is 10.3. The normalized spacial score (nSPS) is 24.4. The highest BCUT2D eigenvalue weighted by Crippen LogP contribution is 2.51. The molecule has 5 aromatic rings. The first-order chi connectivity index (χ1) is 29.1. The highest BCUT2D eigenvalue weighted by Gasteiger charge is 2.56. The number of hydrogen-bond donors (Lipinski definition) is 2. The molecule has 0 spiro atoms. The van der Waals surface area contributed by atoms with Gasteiger partial charge < -0.3 is 24.7 Å². The van der Waals surface area contributed by atoms with E-state index in [2.05, 4.69) is 46.7 Å². The summed E-state index contributed by atoms with van der Waals surface area (Å²) in [6, 6.07) is 27.4. The largest absolute Gasteiger partial charge is 0.453 e. The molecule has 7 atom stereocenters. The fraction of sp³-hybridized carbons (Fsp3) is 0.375. The summed E-state index contributed by atoms with van der Waals surface area (Å²) >= 11 is 0. The van der Waals surface area contributed by atoms with Crippen LogP contribution in [-0.2, 0) is 20.9 Å². The van der Waals surface area contributed by atoms with Crippen molar-refractivity contribution in [1.29, 1.82) is 0 Å². The van der Waals surface area contributed by atoms with E-state index < -0.39 is 12.1 Å². The number of H-pyrrole nitrogens is 1. The first-order valence-corrected chi connectivity index (χ1v) is 21.1. The van der Waals surface area contributed by atoms with Crippen molar-refractivity contribution in [2.24, 2.45) is 22.7 Å². The van der Waals surface area contributed by atoms with Gasteiger partial charge in [0.15, 0.2) is 0 Å². The fourth-order valence-electron chi connectivity index (χ4n) is 10.3. The van der Waals surface area contributed by atoms with Crippen molar-refractivity contribution in [3.63, 3.8) is 0 Å². The molecule has 2 N–H and O–H groups in total. The first kappa shape index (κ1) is 37.9. The van der Waals surface area contributed by atoms with Gasteiger partial charge in [-0.25, -0.2) is 14.6 Å². The summed E-state index contributed by atoms with van der Waals surface area (Å²) in [7, 11) is 1.31. The SMILES string of the molecule is COC(=O)N[C@H](C(=O)N1[C@@H]2C[C@@H]2C[C@H]1C1=NC=C(c2ccc3cc(-c4ccc5c(=O)[nH]c([C@@H]6[C@H]7CC[C@H](C7)N6C(=O)OCc6ccccc6)nc5c4)ccc3c2)C1)C(C)C. The number of likely N-dealkylation sites (tertiary alicyclic amines) is 2. The van der Waals surface area contributed by atoms with Crippen LogP contribution in [0.15, 0.2) is 101 Å². The molecule has 4 fully saturated rings. The van der Waals surface area contributed by atoms with Crippen molar-refractivity contribution in [2.45, 2.75) is 89.2 Å². The Labute approximate surface area is 347 Å². The molecule has 4 heterocycles. The number of carbonyl (C=O) groups excluding carboxylic acids is 3. The number of rotatable bonds is 9. The van der Waals surface area contributed by atoms with Gasteiger partial charge in [-0.3, -0.25) is 19.5 Å². The van der Waals surface area contributed by atoms with E-state index in [0.29, 0.717) is 29.1 Å². The minimum atomic E-state index is -0.661. The molecule has 12 heteroatoms. The zero-order valence-electron chi connectivity index (χ0n) is 34.0. The third-order valence-corrected chi connectivity index (χ3v) is 13.4. The number of nitrogens with one attached hydrogen (secondary N) is 2. The maximum atomic E-state index is 13.9. The molecule has 306 valence electrons. The topological polar surface area (TPSA) is 146 Å². The average molecular weight is 805 g/mol. The van der Waals surface area contributed by atoms with Crippen molar-refractivity contribution in [1.82, 2.24) is 25.1 Å². The number of piperidine rings is 2. The zero-order chi connectivity index (χ0) is 41.2. The number of allylic oxidation sites excluding steroid dienone is 1. The molecule has 4 aromatic carbocycles. The van der Waals surface area contributed by atoms with Gasteiger partial charge in [-0.05, 0) is 113 Å². The third-order valence-electron chi connectivity index (χ3n) is 13.4. The summed E-state index contributed by atoms with van der Waals surface area (Å²) in [4.78, 5) is 69.7. The lowest BCUT2D eigenvalue weighted by atomic mass is 9.94. The average Bonchev–Trinajstić information content (AvgIpc) is 3.72. The van der Waals surface area contributed by atoms with E-state index in [1.54, 1.807) is 4.90 Å². The summed E-state index contributed by atoms with van der Waals surface area (Å²) in [5, 5.41) is 5.43. The van der Waals surface area contributed by atoms with Crippen LogP contribution >= 0.6 is 0 Å². The van der Waals surface area contributed by atoms with Crippen LogP contribution in [-0.4, -0.2) is 74.9 Å². The van der Waals surface area contributed by atoms with Gasteiger partial charge in [0.2, 0.25) is 5.91 Å². The van der Waals surface area contributed by atoms with Crippen LogP contribution in [0.25, 0.3) is 38.4 Å². The molecule has 2 saturated heterocycles. The summed E-state index contributed by atoms with van der Waals surface area (Å²) in [5.74, 6) is 1.03. The van der Waals surface area contributed by atoms with E-state index >= 15 is 0 Å². The van der Waals surface area contributed by atoms with Crippen LogP contribution in [0.4, 0.5) is 9.59 Å². The number of ether oxygens (including phenoxy) is 2. The third kappa shape index (κ3) is 6.81. The minimum Gasteiger partial charge on any atom is -0.453 e. The maximum Gasteiger partial charge on any atom is 0.410 e. The summed E-state index contributed by atoms with van der Waals surface area (Å²) in [6.07, 6.45) is 6.27. The van der Waals surface area contributed by atoms with E-state index in [1.807, 2.05) is 73.5 Å². The molecule has 3 aliphatic heterocycles.